The van der Waals surface area contributed by atoms with Gasteiger partial charge in [-0.1, -0.05) is 23.8 Å². The summed E-state index contributed by atoms with van der Waals surface area (Å²) in [5.41, 5.74) is 0.763. The van der Waals surface area contributed by atoms with Gasteiger partial charge in [0.1, 0.15) is 0 Å². The number of aromatic hydroxyl groups is 1. The molecule has 0 unspecified atom stereocenters. The number of rotatable bonds is 3. The van der Waals surface area contributed by atoms with E-state index in [2.05, 4.69) is 0 Å². The largest absolute Gasteiger partial charge is 0.503 e. The third-order valence-corrected chi connectivity index (χ3v) is 1.97. The summed E-state index contributed by atoms with van der Waals surface area (Å²) in [6.45, 7) is -0.0409. The highest BCUT2D eigenvalue weighted by Gasteiger charge is 2.06. The first-order valence-corrected chi connectivity index (χ1v) is 4.40. The number of phenolic OH excluding ortho intramolecular Hbond substituents is 1. The van der Waals surface area contributed by atoms with Gasteiger partial charge in [-0.15, -0.1) is 0 Å². The molecule has 0 amide bonds. The van der Waals surface area contributed by atoms with Crippen LogP contribution in [0, 0.1) is 0 Å². The Kier molecular flexibility index (Phi) is 3.80. The molecule has 14 heavy (non-hydrogen) atoms. The lowest BCUT2D eigenvalue weighted by atomic mass is 10.2. The Balaban J connectivity index is 3.09. The lowest BCUT2D eigenvalue weighted by Gasteiger charge is -2.05. The SMILES string of the molecule is COc1cc(C=CCO)cc(Cl)c1O. The molecule has 0 atom stereocenters. The van der Waals surface area contributed by atoms with Crippen molar-refractivity contribution in [2.24, 2.45) is 0 Å². The van der Waals surface area contributed by atoms with Crippen LogP contribution in [0.1, 0.15) is 5.56 Å². The Labute approximate surface area is 87.2 Å². The average Bonchev–Trinajstić information content (AvgIpc) is 2.19. The minimum absolute atomic E-state index is 0.0409. The summed E-state index contributed by atoms with van der Waals surface area (Å²) in [5.74, 6) is 0.241. The van der Waals surface area contributed by atoms with E-state index in [1.54, 1.807) is 24.3 Å². The highest BCUT2D eigenvalue weighted by Crippen LogP contribution is 2.35. The van der Waals surface area contributed by atoms with Crippen LogP contribution in [0.5, 0.6) is 11.5 Å². The van der Waals surface area contributed by atoms with E-state index in [-0.39, 0.29) is 17.4 Å². The molecule has 0 heterocycles. The van der Waals surface area contributed by atoms with Crippen molar-refractivity contribution < 1.29 is 14.9 Å². The van der Waals surface area contributed by atoms with Crippen molar-refractivity contribution in [3.05, 3.63) is 28.8 Å². The van der Waals surface area contributed by atoms with Gasteiger partial charge in [0.2, 0.25) is 0 Å². The molecule has 1 rings (SSSR count). The predicted molar refractivity (Wildman–Crippen MR) is 55.8 cm³/mol. The van der Waals surface area contributed by atoms with Gasteiger partial charge in [-0.3, -0.25) is 0 Å². The highest BCUT2D eigenvalue weighted by molar-refractivity contribution is 6.32. The van der Waals surface area contributed by atoms with Gasteiger partial charge in [-0.05, 0) is 17.7 Å². The first-order valence-electron chi connectivity index (χ1n) is 4.03. The number of halogens is 1. The number of hydrogen-bond acceptors (Lipinski definition) is 3. The molecule has 0 aliphatic rings. The number of phenols is 1. The van der Waals surface area contributed by atoms with Crippen molar-refractivity contribution in [3.63, 3.8) is 0 Å². The number of ether oxygens (including phenoxy) is 1. The summed E-state index contributed by atoms with van der Waals surface area (Å²) in [6, 6.07) is 3.22. The van der Waals surface area contributed by atoms with Crippen LogP contribution in [-0.2, 0) is 0 Å². The molecule has 0 bridgehead atoms. The Morgan fingerprint density at radius 3 is 2.79 bits per heavy atom. The molecule has 0 saturated heterocycles. The smallest absolute Gasteiger partial charge is 0.176 e. The molecule has 0 fully saturated rings. The van der Waals surface area contributed by atoms with Gasteiger partial charge >= 0.3 is 0 Å². The van der Waals surface area contributed by atoms with E-state index >= 15 is 0 Å². The van der Waals surface area contributed by atoms with Crippen LogP contribution >= 0.6 is 11.6 Å². The first kappa shape index (κ1) is 10.9. The van der Waals surface area contributed by atoms with Crippen molar-refractivity contribution in [2.45, 2.75) is 0 Å². The van der Waals surface area contributed by atoms with E-state index in [4.69, 9.17) is 21.4 Å². The van der Waals surface area contributed by atoms with Gasteiger partial charge in [0.25, 0.3) is 0 Å². The monoisotopic (exact) mass is 214 g/mol. The molecular weight excluding hydrogens is 204 g/mol. The lowest BCUT2D eigenvalue weighted by Crippen LogP contribution is -1.85. The molecule has 3 nitrogen and oxygen atoms in total. The van der Waals surface area contributed by atoms with E-state index in [1.807, 2.05) is 0 Å². The molecule has 4 heteroatoms. The molecule has 76 valence electrons. The number of methoxy groups -OCH3 is 1. The summed E-state index contributed by atoms with van der Waals surface area (Å²) in [6.07, 6.45) is 3.26. The van der Waals surface area contributed by atoms with Crippen LogP contribution in [0.15, 0.2) is 18.2 Å². The number of aliphatic hydroxyl groups excluding tert-OH is 1. The second kappa shape index (κ2) is 4.88. The maximum atomic E-state index is 9.42. The molecule has 0 aromatic heterocycles. The quantitative estimate of drug-likeness (QED) is 0.810. The Morgan fingerprint density at radius 1 is 1.50 bits per heavy atom. The summed E-state index contributed by atoms with van der Waals surface area (Å²) in [4.78, 5) is 0. The van der Waals surface area contributed by atoms with Gasteiger partial charge in [0.05, 0.1) is 18.7 Å². The van der Waals surface area contributed by atoms with Gasteiger partial charge in [0, 0.05) is 0 Å². The van der Waals surface area contributed by atoms with Gasteiger partial charge in [-0.2, -0.15) is 0 Å². The van der Waals surface area contributed by atoms with E-state index in [0.717, 1.165) is 5.56 Å². The van der Waals surface area contributed by atoms with Crippen molar-refractivity contribution >= 4 is 17.7 Å². The van der Waals surface area contributed by atoms with Crippen LogP contribution in [0.3, 0.4) is 0 Å². The van der Waals surface area contributed by atoms with Crippen LogP contribution in [0.4, 0.5) is 0 Å². The Morgan fingerprint density at radius 2 is 2.21 bits per heavy atom. The zero-order valence-corrected chi connectivity index (χ0v) is 8.45. The average molecular weight is 215 g/mol. The Hall–Kier alpha value is -1.19. The summed E-state index contributed by atoms with van der Waals surface area (Å²) in [5, 5.41) is 18.2. The van der Waals surface area contributed by atoms with Gasteiger partial charge in [-0.25, -0.2) is 0 Å². The standard InChI is InChI=1S/C10H11ClO3/c1-14-9-6-7(3-2-4-12)5-8(11)10(9)13/h2-3,5-6,12-13H,4H2,1H3. The molecule has 0 saturated carbocycles. The molecule has 1 aromatic rings. The van der Waals surface area contributed by atoms with Gasteiger partial charge < -0.3 is 14.9 Å². The molecule has 1 aromatic carbocycles. The topological polar surface area (TPSA) is 49.7 Å². The fourth-order valence-electron chi connectivity index (χ4n) is 1.03. The van der Waals surface area contributed by atoms with Crippen LogP contribution in [0.25, 0.3) is 6.08 Å². The second-order valence-electron chi connectivity index (χ2n) is 2.64. The third kappa shape index (κ3) is 2.40. The van der Waals surface area contributed by atoms with Crippen molar-refractivity contribution in [1.29, 1.82) is 0 Å². The van der Waals surface area contributed by atoms with E-state index in [9.17, 15) is 5.11 Å². The summed E-state index contributed by atoms with van der Waals surface area (Å²) < 4.78 is 4.92. The third-order valence-electron chi connectivity index (χ3n) is 1.69. The number of hydrogen-bond donors (Lipinski definition) is 2. The number of benzene rings is 1. The molecule has 0 spiro atoms. The van der Waals surface area contributed by atoms with Crippen molar-refractivity contribution in [1.82, 2.24) is 0 Å². The normalized spacial score (nSPS) is 10.8. The van der Waals surface area contributed by atoms with Crippen molar-refractivity contribution in [2.75, 3.05) is 13.7 Å². The maximum Gasteiger partial charge on any atom is 0.176 e. The van der Waals surface area contributed by atoms with Crippen molar-refractivity contribution in [3.8, 4) is 11.5 Å². The molecule has 0 radical (unpaired) electrons. The first-order chi connectivity index (χ1) is 6.69. The second-order valence-corrected chi connectivity index (χ2v) is 3.05. The molecule has 2 N–H and O–H groups in total. The van der Waals surface area contributed by atoms with Crippen LogP contribution in [-0.4, -0.2) is 23.9 Å². The van der Waals surface area contributed by atoms with E-state index in [0.29, 0.717) is 5.75 Å². The maximum absolute atomic E-state index is 9.42. The van der Waals surface area contributed by atoms with Gasteiger partial charge in [0.15, 0.2) is 11.5 Å². The van der Waals surface area contributed by atoms with E-state index in [1.165, 1.54) is 7.11 Å². The Bertz CT molecular complexity index is 347. The minimum atomic E-state index is -0.0738. The summed E-state index contributed by atoms with van der Waals surface area (Å²) >= 11 is 5.75. The summed E-state index contributed by atoms with van der Waals surface area (Å²) in [7, 11) is 1.45. The zero-order chi connectivity index (χ0) is 10.6. The molecule has 0 aliphatic carbocycles. The molecule has 0 aliphatic heterocycles. The lowest BCUT2D eigenvalue weighted by molar-refractivity contribution is 0.343. The van der Waals surface area contributed by atoms with E-state index < -0.39 is 0 Å². The number of aliphatic hydroxyl groups is 1. The highest BCUT2D eigenvalue weighted by atomic mass is 35.5. The van der Waals surface area contributed by atoms with Crippen LogP contribution in [0.2, 0.25) is 5.02 Å². The fraction of sp³-hybridized carbons (Fsp3) is 0.200. The fourth-order valence-corrected chi connectivity index (χ4v) is 1.25. The minimum Gasteiger partial charge on any atom is -0.503 e. The zero-order valence-electron chi connectivity index (χ0n) is 7.70. The predicted octanol–water partition coefficient (Wildman–Crippen LogP) is 2.06. The molecular formula is C10H11ClO3. The van der Waals surface area contributed by atoms with Crippen LogP contribution < -0.4 is 4.74 Å².